The summed E-state index contributed by atoms with van der Waals surface area (Å²) < 4.78 is 98.5. The van der Waals surface area contributed by atoms with Crippen LogP contribution in [0.25, 0.3) is 0 Å². The van der Waals surface area contributed by atoms with Crippen molar-refractivity contribution in [3.63, 3.8) is 0 Å². The Bertz CT molecular complexity index is 518. The van der Waals surface area contributed by atoms with Crippen LogP contribution in [-0.2, 0) is 10.7 Å². The van der Waals surface area contributed by atoms with Gasteiger partial charge in [0, 0.05) is 0 Å². The van der Waals surface area contributed by atoms with Crippen LogP contribution in [0.5, 0.6) is 0 Å². The van der Waals surface area contributed by atoms with Crippen LogP contribution in [0.1, 0.15) is 5.56 Å². The molecule has 0 spiro atoms. The topological polar surface area (TPSA) is 57.5 Å². The van der Waals surface area contributed by atoms with Crippen LogP contribution in [0, 0.1) is 23.3 Å². The predicted molar refractivity (Wildman–Crippen MR) is 43.0 cm³/mol. The standard InChI is InChI=1S/C7H2F7O3P/c8-2-1(7(12,13)14)3(9)5(11)6(4(2)10)18(15,16)17/h(H2,15,16,17). The molecule has 0 aliphatic heterocycles. The Hall–Kier alpha value is -1.12. The van der Waals surface area contributed by atoms with Crippen molar-refractivity contribution in [2.45, 2.75) is 6.18 Å². The number of halogens is 7. The second-order valence-corrected chi connectivity index (χ2v) is 4.56. The SMILES string of the molecule is O=P(O)(O)c1c(F)c(F)c(C(F)(F)F)c(F)c1F. The summed E-state index contributed by atoms with van der Waals surface area (Å²) in [4.78, 5) is 16.8. The second kappa shape index (κ2) is 4.22. The van der Waals surface area contributed by atoms with Crippen LogP contribution in [0.15, 0.2) is 0 Å². The van der Waals surface area contributed by atoms with E-state index in [1.165, 1.54) is 0 Å². The molecule has 11 heteroatoms. The van der Waals surface area contributed by atoms with Gasteiger partial charge in [0.1, 0.15) is 10.9 Å². The summed E-state index contributed by atoms with van der Waals surface area (Å²) in [6.45, 7) is 0. The van der Waals surface area contributed by atoms with Gasteiger partial charge in [-0.05, 0) is 0 Å². The molecule has 1 aromatic rings. The fourth-order valence-corrected chi connectivity index (χ4v) is 1.83. The molecule has 102 valence electrons. The minimum atomic E-state index is -5.82. The van der Waals surface area contributed by atoms with Crippen molar-refractivity contribution < 1.29 is 45.1 Å². The fourth-order valence-electron chi connectivity index (χ4n) is 1.12. The molecule has 18 heavy (non-hydrogen) atoms. The van der Waals surface area contributed by atoms with Gasteiger partial charge in [0.15, 0.2) is 23.3 Å². The first-order valence-electron chi connectivity index (χ1n) is 3.88. The van der Waals surface area contributed by atoms with E-state index in [0.29, 0.717) is 0 Å². The first-order valence-corrected chi connectivity index (χ1v) is 5.49. The number of hydrogen-bond donors (Lipinski definition) is 2. The van der Waals surface area contributed by atoms with Crippen LogP contribution in [0.2, 0.25) is 0 Å². The number of rotatable bonds is 1. The van der Waals surface area contributed by atoms with E-state index in [1.54, 1.807) is 0 Å². The predicted octanol–water partition coefficient (Wildman–Crippen LogP) is 2.06. The normalized spacial score (nSPS) is 12.9. The van der Waals surface area contributed by atoms with Crippen molar-refractivity contribution in [2.75, 3.05) is 0 Å². The maximum Gasteiger partial charge on any atom is 0.422 e. The summed E-state index contributed by atoms with van der Waals surface area (Å²) in [5, 5.41) is -2.38. The zero-order valence-corrected chi connectivity index (χ0v) is 8.79. The highest BCUT2D eigenvalue weighted by molar-refractivity contribution is 7.60. The van der Waals surface area contributed by atoms with Gasteiger partial charge in [0.2, 0.25) is 0 Å². The number of hydrogen-bond acceptors (Lipinski definition) is 1. The van der Waals surface area contributed by atoms with Gasteiger partial charge in [-0.3, -0.25) is 4.57 Å². The average Bonchev–Trinajstić information content (AvgIpc) is 2.10. The lowest BCUT2D eigenvalue weighted by Gasteiger charge is -2.14. The maximum absolute atomic E-state index is 13.0. The van der Waals surface area contributed by atoms with Gasteiger partial charge in [-0.1, -0.05) is 0 Å². The Labute approximate surface area is 94.0 Å². The molecule has 0 unspecified atom stereocenters. The van der Waals surface area contributed by atoms with Crippen LogP contribution >= 0.6 is 7.60 Å². The van der Waals surface area contributed by atoms with Crippen LogP contribution < -0.4 is 5.30 Å². The largest absolute Gasteiger partial charge is 0.422 e. The van der Waals surface area contributed by atoms with Crippen LogP contribution in [-0.4, -0.2) is 9.79 Å². The Morgan fingerprint density at radius 2 is 1.17 bits per heavy atom. The Balaban J connectivity index is 3.84. The molecule has 0 saturated heterocycles. The van der Waals surface area contributed by atoms with E-state index in [9.17, 15) is 35.3 Å². The number of benzene rings is 1. The molecular weight excluding hydrogens is 296 g/mol. The molecule has 0 fully saturated rings. The lowest BCUT2D eigenvalue weighted by molar-refractivity contribution is -0.143. The molecule has 1 aromatic carbocycles. The smallest absolute Gasteiger partial charge is 0.321 e. The van der Waals surface area contributed by atoms with E-state index in [4.69, 9.17) is 9.79 Å². The third-order valence-electron chi connectivity index (χ3n) is 1.81. The Kier molecular flexibility index (Phi) is 3.50. The van der Waals surface area contributed by atoms with Crippen molar-refractivity contribution in [3.8, 4) is 0 Å². The van der Waals surface area contributed by atoms with E-state index in [1.807, 2.05) is 0 Å². The summed E-state index contributed by atoms with van der Waals surface area (Å²) in [5.74, 6) is -11.4. The zero-order chi connectivity index (χ0) is 14.5. The van der Waals surface area contributed by atoms with Gasteiger partial charge in [-0.2, -0.15) is 13.2 Å². The van der Waals surface area contributed by atoms with Crippen LogP contribution in [0.3, 0.4) is 0 Å². The molecule has 0 aromatic heterocycles. The van der Waals surface area contributed by atoms with Gasteiger partial charge in [0.05, 0.1) is 0 Å². The van der Waals surface area contributed by atoms with Crippen molar-refractivity contribution in [1.82, 2.24) is 0 Å². The summed E-state index contributed by atoms with van der Waals surface area (Å²) in [6, 6.07) is 0. The summed E-state index contributed by atoms with van der Waals surface area (Å²) in [6.07, 6.45) is -5.76. The molecule has 0 atom stereocenters. The van der Waals surface area contributed by atoms with Crippen molar-refractivity contribution in [3.05, 3.63) is 28.8 Å². The summed E-state index contributed by atoms with van der Waals surface area (Å²) >= 11 is 0. The Morgan fingerprint density at radius 3 is 1.39 bits per heavy atom. The third-order valence-corrected chi connectivity index (χ3v) is 2.79. The molecule has 0 bridgehead atoms. The van der Waals surface area contributed by atoms with Crippen molar-refractivity contribution >= 4 is 12.9 Å². The molecule has 0 aliphatic rings. The van der Waals surface area contributed by atoms with E-state index in [0.717, 1.165) is 0 Å². The Morgan fingerprint density at radius 1 is 0.833 bits per heavy atom. The second-order valence-electron chi connectivity index (χ2n) is 3.02. The molecule has 1 rings (SSSR count). The third kappa shape index (κ3) is 2.36. The highest BCUT2D eigenvalue weighted by atomic mass is 31.2. The summed E-state index contributed by atoms with van der Waals surface area (Å²) in [7, 11) is -5.82. The van der Waals surface area contributed by atoms with Gasteiger partial charge in [-0.15, -0.1) is 0 Å². The van der Waals surface area contributed by atoms with Gasteiger partial charge in [-0.25, -0.2) is 17.6 Å². The summed E-state index contributed by atoms with van der Waals surface area (Å²) in [5.41, 5.74) is -2.89. The molecule has 0 amide bonds. The molecule has 0 aliphatic carbocycles. The van der Waals surface area contributed by atoms with E-state index in [2.05, 4.69) is 0 Å². The van der Waals surface area contributed by atoms with Crippen molar-refractivity contribution in [2.24, 2.45) is 0 Å². The highest BCUT2D eigenvalue weighted by Gasteiger charge is 2.44. The highest BCUT2D eigenvalue weighted by Crippen LogP contribution is 2.41. The maximum atomic E-state index is 13.0. The van der Waals surface area contributed by atoms with E-state index >= 15 is 0 Å². The van der Waals surface area contributed by atoms with Crippen LogP contribution in [0.4, 0.5) is 30.7 Å². The average molecular weight is 298 g/mol. The van der Waals surface area contributed by atoms with Gasteiger partial charge >= 0.3 is 13.8 Å². The molecular formula is C7H2F7O3P. The molecule has 0 radical (unpaired) electrons. The first kappa shape index (κ1) is 14.9. The first-order chi connectivity index (χ1) is 7.89. The zero-order valence-electron chi connectivity index (χ0n) is 7.90. The quantitative estimate of drug-likeness (QED) is 0.474. The molecule has 0 heterocycles. The van der Waals surface area contributed by atoms with E-state index < -0.39 is 47.9 Å². The molecule has 3 nitrogen and oxygen atoms in total. The lowest BCUT2D eigenvalue weighted by Crippen LogP contribution is -2.24. The number of alkyl halides is 3. The van der Waals surface area contributed by atoms with Gasteiger partial charge < -0.3 is 9.79 Å². The fraction of sp³-hybridized carbons (Fsp3) is 0.143. The van der Waals surface area contributed by atoms with Gasteiger partial charge in [0.25, 0.3) is 0 Å². The minimum Gasteiger partial charge on any atom is -0.321 e. The van der Waals surface area contributed by atoms with E-state index in [-0.39, 0.29) is 0 Å². The molecule has 2 N–H and O–H groups in total. The lowest BCUT2D eigenvalue weighted by atomic mass is 10.1. The monoisotopic (exact) mass is 298 g/mol. The minimum absolute atomic E-state index is 2.38. The van der Waals surface area contributed by atoms with Crippen molar-refractivity contribution in [1.29, 1.82) is 0 Å². The molecule has 0 saturated carbocycles.